The number of nitrogens with one attached hydrogen (secondary N) is 1. The summed E-state index contributed by atoms with van der Waals surface area (Å²) < 4.78 is 0.677. The Kier molecular flexibility index (Phi) is 2.12. The van der Waals surface area contributed by atoms with Gasteiger partial charge in [0.1, 0.15) is 16.9 Å². The van der Waals surface area contributed by atoms with Crippen molar-refractivity contribution >= 4 is 23.6 Å². The fraction of sp³-hybridized carbons (Fsp3) is 0.375. The second-order valence-corrected chi connectivity index (χ2v) is 6.58. The first kappa shape index (κ1) is 12.6. The molecule has 2 atom stereocenters. The lowest BCUT2D eigenvalue weighted by Crippen LogP contribution is -2.59. The third kappa shape index (κ3) is 1.30. The Balaban J connectivity index is 1.91. The zero-order valence-corrected chi connectivity index (χ0v) is 12.6. The third-order valence-electron chi connectivity index (χ3n) is 5.31. The monoisotopic (exact) mass is 283 g/mol. The number of amides is 1. The van der Waals surface area contributed by atoms with Gasteiger partial charge in [0.2, 0.25) is 11.9 Å². The van der Waals surface area contributed by atoms with E-state index in [0.717, 1.165) is 0 Å². The van der Waals surface area contributed by atoms with Crippen LogP contribution in [0.15, 0.2) is 30.0 Å². The van der Waals surface area contributed by atoms with Gasteiger partial charge < -0.3 is 0 Å². The number of rotatable bonds is 0. The van der Waals surface area contributed by atoms with Gasteiger partial charge in [-0.1, -0.05) is 12.1 Å². The quantitative estimate of drug-likeness (QED) is 0.738. The van der Waals surface area contributed by atoms with Crippen LogP contribution in [0.3, 0.4) is 0 Å². The number of fused-ring (bicyclic) bond motifs is 5. The number of carbonyl (C=O) groups is 1. The largest absolute Gasteiger partial charge is 0.286 e. The number of hydrogen-bond acceptors (Lipinski definition) is 2. The van der Waals surface area contributed by atoms with Gasteiger partial charge in [0.05, 0.1) is 13.5 Å². The van der Waals surface area contributed by atoms with Gasteiger partial charge in [0.15, 0.2) is 6.67 Å². The molecule has 2 fully saturated rings. The Labute approximate surface area is 124 Å². The van der Waals surface area contributed by atoms with Gasteiger partial charge in [-0.2, -0.15) is 0 Å². The van der Waals surface area contributed by atoms with Crippen molar-refractivity contribution in [2.75, 3.05) is 20.8 Å². The maximum absolute atomic E-state index is 12.2. The second kappa shape index (κ2) is 3.54. The number of likely N-dealkylation sites (N-methyl/N-ethyl adjacent to an activating group) is 1. The highest BCUT2D eigenvalue weighted by Crippen LogP contribution is 2.52. The molecule has 1 aromatic carbocycles. The van der Waals surface area contributed by atoms with Gasteiger partial charge in [-0.15, -0.1) is 0 Å². The summed E-state index contributed by atoms with van der Waals surface area (Å²) >= 11 is 0. The molecule has 0 spiro atoms. The summed E-state index contributed by atoms with van der Waals surface area (Å²) in [6.45, 7) is 2.80. The summed E-state index contributed by atoms with van der Waals surface area (Å²) in [7, 11) is 3.87. The van der Waals surface area contributed by atoms with Crippen LogP contribution >= 0.6 is 0 Å². The lowest BCUT2D eigenvalue weighted by Gasteiger charge is -2.40. The van der Waals surface area contributed by atoms with E-state index >= 15 is 0 Å². The number of quaternary nitrogens is 1. The Morgan fingerprint density at radius 2 is 2.05 bits per heavy atom. The predicted octanol–water partition coefficient (Wildman–Crippen LogP) is 1.81. The topological polar surface area (TPSA) is 47.4 Å². The van der Waals surface area contributed by atoms with E-state index in [2.05, 4.69) is 43.1 Å². The van der Waals surface area contributed by atoms with Crippen molar-refractivity contribution in [3.63, 3.8) is 0 Å². The minimum atomic E-state index is -0.394. The lowest BCUT2D eigenvalue weighted by molar-refractivity contribution is -0.130. The highest BCUT2D eigenvalue weighted by molar-refractivity contribution is 6.01. The van der Waals surface area contributed by atoms with E-state index in [4.69, 9.17) is 5.41 Å². The summed E-state index contributed by atoms with van der Waals surface area (Å²) in [5.74, 6) is 0.324. The first-order valence-electron chi connectivity index (χ1n) is 7.18. The number of guanidine groups is 1. The standard InChI is InChI=1S/C16H19N4O/c1-16-9-14(21)18(2)15(17)19(16)10-20(3)12-7-5-4-6-11(12)8-13(16)20/h4-8,17H,9-10H2,1-3H3/q+1/t16-,20?/m0/s1. The average Bonchev–Trinajstić information content (AvgIpc) is 2.87. The molecular weight excluding hydrogens is 264 g/mol. The molecule has 3 aliphatic heterocycles. The third-order valence-corrected chi connectivity index (χ3v) is 5.31. The van der Waals surface area contributed by atoms with Crippen LogP contribution in [0.5, 0.6) is 0 Å². The molecule has 0 radical (unpaired) electrons. The number of hydrogen-bond donors (Lipinski definition) is 1. The second-order valence-electron chi connectivity index (χ2n) is 6.58. The summed E-state index contributed by atoms with van der Waals surface area (Å²) in [6, 6.07) is 8.38. The minimum Gasteiger partial charge on any atom is -0.286 e. The van der Waals surface area contributed by atoms with Crippen LogP contribution in [0.25, 0.3) is 6.08 Å². The van der Waals surface area contributed by atoms with E-state index in [1.807, 2.05) is 6.07 Å². The molecule has 0 aliphatic carbocycles. The summed E-state index contributed by atoms with van der Waals surface area (Å²) in [5.41, 5.74) is 3.31. The van der Waals surface area contributed by atoms with Crippen LogP contribution in [0, 0.1) is 5.41 Å². The van der Waals surface area contributed by atoms with Crippen molar-refractivity contribution in [1.29, 1.82) is 5.41 Å². The Bertz CT molecular complexity index is 725. The highest BCUT2D eigenvalue weighted by atomic mass is 16.2. The molecule has 3 aliphatic rings. The number of para-hydroxylation sites is 1. The maximum atomic E-state index is 12.2. The molecule has 1 aromatic rings. The molecule has 1 unspecified atom stereocenters. The highest BCUT2D eigenvalue weighted by Gasteiger charge is 2.62. The van der Waals surface area contributed by atoms with E-state index in [0.29, 0.717) is 23.5 Å². The molecule has 108 valence electrons. The van der Waals surface area contributed by atoms with Crippen molar-refractivity contribution in [3.8, 4) is 0 Å². The first-order chi connectivity index (χ1) is 9.88. The molecule has 5 heteroatoms. The molecule has 1 amide bonds. The van der Waals surface area contributed by atoms with E-state index in [-0.39, 0.29) is 5.91 Å². The van der Waals surface area contributed by atoms with Gasteiger partial charge in [-0.05, 0) is 13.0 Å². The summed E-state index contributed by atoms with van der Waals surface area (Å²) in [5, 5.41) is 8.32. The number of nitrogens with zero attached hydrogens (tertiary/aromatic N) is 3. The fourth-order valence-electron chi connectivity index (χ4n) is 4.09. The van der Waals surface area contributed by atoms with Crippen LogP contribution in [-0.4, -0.2) is 48.0 Å². The van der Waals surface area contributed by atoms with Crippen LogP contribution in [0.2, 0.25) is 0 Å². The molecule has 0 bridgehead atoms. The van der Waals surface area contributed by atoms with E-state index in [1.54, 1.807) is 7.05 Å². The molecule has 1 N–H and O–H groups in total. The van der Waals surface area contributed by atoms with Crippen molar-refractivity contribution in [2.24, 2.45) is 0 Å². The van der Waals surface area contributed by atoms with Gasteiger partial charge in [0.25, 0.3) is 0 Å². The average molecular weight is 283 g/mol. The number of carbonyl (C=O) groups excluding carboxylic acids is 1. The SMILES string of the molecule is CN1C(=N)N2C[N+]3(C)C(=Cc4ccccc43)[C@]2(C)CC1=O. The predicted molar refractivity (Wildman–Crippen MR) is 82.4 cm³/mol. The molecule has 5 nitrogen and oxygen atoms in total. The van der Waals surface area contributed by atoms with Gasteiger partial charge >= 0.3 is 0 Å². The molecule has 21 heavy (non-hydrogen) atoms. The van der Waals surface area contributed by atoms with Crippen molar-refractivity contribution in [3.05, 3.63) is 35.5 Å². The normalized spacial score (nSPS) is 33.8. The fourth-order valence-corrected chi connectivity index (χ4v) is 4.09. The van der Waals surface area contributed by atoms with Crippen LogP contribution < -0.4 is 4.48 Å². The maximum Gasteiger partial charge on any atom is 0.231 e. The molecular formula is C16H19N4O+. The Morgan fingerprint density at radius 1 is 1.33 bits per heavy atom. The Morgan fingerprint density at radius 3 is 2.81 bits per heavy atom. The molecule has 3 heterocycles. The number of benzene rings is 1. The van der Waals surface area contributed by atoms with E-state index < -0.39 is 5.54 Å². The lowest BCUT2D eigenvalue weighted by atomic mass is 9.90. The molecule has 0 saturated carbocycles. The van der Waals surface area contributed by atoms with Crippen LogP contribution in [0.4, 0.5) is 5.69 Å². The Hall–Kier alpha value is -2.14. The van der Waals surface area contributed by atoms with E-state index in [1.165, 1.54) is 21.8 Å². The summed E-state index contributed by atoms with van der Waals surface area (Å²) in [6.07, 6.45) is 2.64. The van der Waals surface area contributed by atoms with Gasteiger partial charge in [-0.25, -0.2) is 4.48 Å². The molecule has 4 rings (SSSR count). The smallest absolute Gasteiger partial charge is 0.231 e. The van der Waals surface area contributed by atoms with Crippen molar-refractivity contribution in [1.82, 2.24) is 14.3 Å². The zero-order chi connectivity index (χ0) is 15.0. The van der Waals surface area contributed by atoms with Gasteiger partial charge in [0, 0.05) is 24.8 Å². The van der Waals surface area contributed by atoms with Crippen molar-refractivity contribution < 1.29 is 4.79 Å². The first-order valence-corrected chi connectivity index (χ1v) is 7.18. The molecule has 0 aromatic heterocycles. The van der Waals surface area contributed by atoms with Crippen LogP contribution in [-0.2, 0) is 4.79 Å². The van der Waals surface area contributed by atoms with Crippen LogP contribution in [0.1, 0.15) is 18.9 Å². The van der Waals surface area contributed by atoms with Crippen molar-refractivity contribution in [2.45, 2.75) is 18.9 Å². The minimum absolute atomic E-state index is 0.0176. The van der Waals surface area contributed by atoms with Gasteiger partial charge in [-0.3, -0.25) is 20.0 Å². The zero-order valence-electron chi connectivity index (χ0n) is 12.6. The van der Waals surface area contributed by atoms with E-state index in [9.17, 15) is 4.79 Å². The summed E-state index contributed by atoms with van der Waals surface area (Å²) in [4.78, 5) is 15.8. The molecule has 2 saturated heterocycles.